The van der Waals surface area contributed by atoms with Gasteiger partial charge in [-0.3, -0.25) is 0 Å². The van der Waals surface area contributed by atoms with Gasteiger partial charge in [0.05, 0.1) is 25.4 Å². The lowest BCUT2D eigenvalue weighted by atomic mass is 10.3. The summed E-state index contributed by atoms with van der Waals surface area (Å²) in [6.07, 6.45) is 0.685. The Bertz CT molecular complexity index is 190. The van der Waals surface area contributed by atoms with Crippen LogP contribution in [0.15, 0.2) is 0 Å². The van der Waals surface area contributed by atoms with E-state index in [0.717, 1.165) is 32.6 Å². The molecule has 0 saturated heterocycles. The SMILES string of the molecule is CCN(CC)CCCNCC(O)COC(C)COC. The third kappa shape index (κ3) is 11.3. The zero-order chi connectivity index (χ0) is 14.5. The Hall–Kier alpha value is -0.200. The molecule has 0 aromatic heterocycles. The molecule has 19 heavy (non-hydrogen) atoms. The molecule has 0 aliphatic heterocycles. The van der Waals surface area contributed by atoms with E-state index >= 15 is 0 Å². The molecule has 0 aromatic carbocycles. The van der Waals surface area contributed by atoms with Crippen LogP contribution in [0.2, 0.25) is 0 Å². The summed E-state index contributed by atoms with van der Waals surface area (Å²) in [6.45, 7) is 12.0. The molecule has 2 N–H and O–H groups in total. The van der Waals surface area contributed by atoms with Gasteiger partial charge in [-0.2, -0.15) is 0 Å². The van der Waals surface area contributed by atoms with Crippen LogP contribution >= 0.6 is 0 Å². The molecule has 0 aliphatic carbocycles. The van der Waals surface area contributed by atoms with Crippen LogP contribution in [0.3, 0.4) is 0 Å². The third-order valence-electron chi connectivity index (χ3n) is 3.08. The maximum Gasteiger partial charge on any atom is 0.0897 e. The lowest BCUT2D eigenvalue weighted by molar-refractivity contribution is -0.0310. The molecule has 0 rings (SSSR count). The molecule has 116 valence electrons. The molecule has 0 spiro atoms. The first-order chi connectivity index (χ1) is 9.13. The number of nitrogens with one attached hydrogen (secondary N) is 1. The number of hydrogen-bond donors (Lipinski definition) is 2. The number of aliphatic hydroxyl groups is 1. The van der Waals surface area contributed by atoms with Crippen molar-refractivity contribution >= 4 is 0 Å². The van der Waals surface area contributed by atoms with Crippen molar-refractivity contribution in [3.8, 4) is 0 Å². The summed E-state index contributed by atoms with van der Waals surface area (Å²) in [7, 11) is 1.65. The van der Waals surface area contributed by atoms with E-state index in [-0.39, 0.29) is 6.10 Å². The van der Waals surface area contributed by atoms with Crippen molar-refractivity contribution in [2.24, 2.45) is 0 Å². The quantitative estimate of drug-likeness (QED) is 0.486. The second kappa shape index (κ2) is 12.8. The van der Waals surface area contributed by atoms with Gasteiger partial charge in [-0.25, -0.2) is 0 Å². The Morgan fingerprint density at radius 1 is 1.21 bits per heavy atom. The minimum absolute atomic E-state index is 0.0299. The Morgan fingerprint density at radius 2 is 1.89 bits per heavy atom. The number of rotatable bonds is 13. The molecule has 5 heteroatoms. The first-order valence-corrected chi connectivity index (χ1v) is 7.35. The van der Waals surface area contributed by atoms with E-state index < -0.39 is 6.10 Å². The summed E-state index contributed by atoms with van der Waals surface area (Å²) in [5.74, 6) is 0. The lowest BCUT2D eigenvalue weighted by Crippen LogP contribution is -2.34. The highest BCUT2D eigenvalue weighted by Crippen LogP contribution is 1.94. The van der Waals surface area contributed by atoms with Crippen molar-refractivity contribution in [1.82, 2.24) is 10.2 Å². The van der Waals surface area contributed by atoms with Crippen molar-refractivity contribution < 1.29 is 14.6 Å². The van der Waals surface area contributed by atoms with Gasteiger partial charge in [0.1, 0.15) is 0 Å². The zero-order valence-corrected chi connectivity index (χ0v) is 13.0. The minimum Gasteiger partial charge on any atom is -0.389 e. The van der Waals surface area contributed by atoms with Crippen LogP contribution in [0.25, 0.3) is 0 Å². The van der Waals surface area contributed by atoms with E-state index in [1.165, 1.54) is 0 Å². The van der Waals surface area contributed by atoms with E-state index in [1.54, 1.807) is 7.11 Å². The van der Waals surface area contributed by atoms with Gasteiger partial charge in [-0.15, -0.1) is 0 Å². The van der Waals surface area contributed by atoms with Crippen molar-refractivity contribution in [3.05, 3.63) is 0 Å². The van der Waals surface area contributed by atoms with E-state index in [2.05, 4.69) is 24.1 Å². The summed E-state index contributed by atoms with van der Waals surface area (Å²) in [5, 5.41) is 13.0. The number of ether oxygens (including phenoxy) is 2. The third-order valence-corrected chi connectivity index (χ3v) is 3.08. The molecule has 0 aliphatic rings. The van der Waals surface area contributed by atoms with Gasteiger partial charge in [-0.05, 0) is 39.5 Å². The first kappa shape index (κ1) is 18.8. The molecule has 0 amide bonds. The molecule has 0 radical (unpaired) electrons. The smallest absolute Gasteiger partial charge is 0.0897 e. The van der Waals surface area contributed by atoms with Crippen LogP contribution in [-0.2, 0) is 9.47 Å². The highest BCUT2D eigenvalue weighted by molar-refractivity contribution is 4.61. The largest absolute Gasteiger partial charge is 0.389 e. The lowest BCUT2D eigenvalue weighted by Gasteiger charge is -2.19. The maximum atomic E-state index is 9.73. The highest BCUT2D eigenvalue weighted by Gasteiger charge is 2.07. The Kier molecular flexibility index (Phi) is 12.7. The zero-order valence-electron chi connectivity index (χ0n) is 13.0. The molecular weight excluding hydrogens is 244 g/mol. The van der Waals surface area contributed by atoms with Gasteiger partial charge in [0.25, 0.3) is 0 Å². The van der Waals surface area contributed by atoms with E-state index in [9.17, 15) is 5.11 Å². The summed E-state index contributed by atoms with van der Waals surface area (Å²) in [6, 6.07) is 0. The van der Waals surface area contributed by atoms with Gasteiger partial charge in [0, 0.05) is 13.7 Å². The first-order valence-electron chi connectivity index (χ1n) is 7.35. The average Bonchev–Trinajstić information content (AvgIpc) is 2.41. The van der Waals surface area contributed by atoms with Crippen LogP contribution in [0.1, 0.15) is 27.2 Å². The summed E-state index contributed by atoms with van der Waals surface area (Å²) >= 11 is 0. The average molecular weight is 276 g/mol. The van der Waals surface area contributed by atoms with Gasteiger partial charge >= 0.3 is 0 Å². The fraction of sp³-hybridized carbons (Fsp3) is 1.00. The summed E-state index contributed by atoms with van der Waals surface area (Å²) < 4.78 is 10.4. The molecule has 2 atom stereocenters. The van der Waals surface area contributed by atoms with Crippen molar-refractivity contribution in [2.45, 2.75) is 39.4 Å². The van der Waals surface area contributed by atoms with Crippen LogP contribution in [0, 0.1) is 0 Å². The van der Waals surface area contributed by atoms with Gasteiger partial charge in [0.15, 0.2) is 0 Å². The molecule has 0 saturated carbocycles. The fourth-order valence-electron chi connectivity index (χ4n) is 1.85. The van der Waals surface area contributed by atoms with E-state index in [4.69, 9.17) is 9.47 Å². The molecule has 0 fully saturated rings. The second-order valence-electron chi connectivity index (χ2n) is 4.84. The highest BCUT2D eigenvalue weighted by atomic mass is 16.5. The predicted octanol–water partition coefficient (Wildman–Crippen LogP) is 0.720. The van der Waals surface area contributed by atoms with E-state index in [0.29, 0.717) is 19.8 Å². The van der Waals surface area contributed by atoms with Crippen LogP contribution in [0.4, 0.5) is 0 Å². The number of hydrogen-bond acceptors (Lipinski definition) is 5. The standard InChI is InChI=1S/C14H32N2O3/c1-5-16(6-2)9-7-8-15-10-14(17)12-19-13(3)11-18-4/h13-15,17H,5-12H2,1-4H3. The summed E-state index contributed by atoms with van der Waals surface area (Å²) in [4.78, 5) is 2.40. The van der Waals surface area contributed by atoms with Gasteiger partial charge in [-0.1, -0.05) is 13.8 Å². The minimum atomic E-state index is -0.451. The number of methoxy groups -OCH3 is 1. The van der Waals surface area contributed by atoms with Crippen molar-refractivity contribution in [2.75, 3.05) is 53.0 Å². The summed E-state index contributed by atoms with van der Waals surface area (Å²) in [5.41, 5.74) is 0. The molecule has 0 heterocycles. The Morgan fingerprint density at radius 3 is 2.47 bits per heavy atom. The fourth-order valence-corrected chi connectivity index (χ4v) is 1.85. The molecule has 5 nitrogen and oxygen atoms in total. The van der Waals surface area contributed by atoms with E-state index in [1.807, 2.05) is 6.92 Å². The molecule has 0 bridgehead atoms. The molecule has 0 aromatic rings. The van der Waals surface area contributed by atoms with Crippen molar-refractivity contribution in [1.29, 1.82) is 0 Å². The monoisotopic (exact) mass is 276 g/mol. The number of aliphatic hydroxyl groups excluding tert-OH is 1. The molecular formula is C14H32N2O3. The van der Waals surface area contributed by atoms with Gasteiger partial charge in [0.2, 0.25) is 0 Å². The Balaban J connectivity index is 3.40. The number of nitrogens with zero attached hydrogens (tertiary/aromatic N) is 1. The van der Waals surface area contributed by atoms with Gasteiger partial charge < -0.3 is 24.8 Å². The topological polar surface area (TPSA) is 54.0 Å². The Labute approximate surface area is 118 Å². The second-order valence-corrected chi connectivity index (χ2v) is 4.84. The van der Waals surface area contributed by atoms with Crippen LogP contribution in [-0.4, -0.2) is 75.3 Å². The predicted molar refractivity (Wildman–Crippen MR) is 78.6 cm³/mol. The van der Waals surface area contributed by atoms with Crippen LogP contribution < -0.4 is 5.32 Å². The van der Waals surface area contributed by atoms with Crippen LogP contribution in [0.5, 0.6) is 0 Å². The van der Waals surface area contributed by atoms with Crippen molar-refractivity contribution in [3.63, 3.8) is 0 Å². The molecule has 2 unspecified atom stereocenters. The normalized spacial score (nSPS) is 14.8. The maximum absolute atomic E-state index is 9.73.